The normalized spacial score (nSPS) is 28.2. The molecule has 3 rings (SSSR count). The van der Waals surface area contributed by atoms with Gasteiger partial charge in [-0.25, -0.2) is 4.79 Å². The Hall–Kier alpha value is -1.49. The van der Waals surface area contributed by atoms with Gasteiger partial charge < -0.3 is 10.0 Å². The Morgan fingerprint density at radius 1 is 1.33 bits per heavy atom. The minimum atomic E-state index is -0.913. The molecule has 112 valence electrons. The number of hydrogen-bond acceptors (Lipinski definition) is 3. The fourth-order valence-electron chi connectivity index (χ4n) is 3.21. The quantitative estimate of drug-likeness (QED) is 0.911. The number of fused-ring (bicyclic) bond motifs is 1. The van der Waals surface area contributed by atoms with Gasteiger partial charge in [-0.2, -0.15) is 0 Å². The minimum absolute atomic E-state index is 0.0214. The van der Waals surface area contributed by atoms with Gasteiger partial charge in [0, 0.05) is 13.0 Å². The van der Waals surface area contributed by atoms with E-state index >= 15 is 0 Å². The first-order valence-corrected chi connectivity index (χ1v) is 8.24. The van der Waals surface area contributed by atoms with Crippen LogP contribution in [0.25, 0.3) is 0 Å². The molecule has 2 atom stereocenters. The zero-order valence-corrected chi connectivity index (χ0v) is 12.9. The monoisotopic (exact) mass is 305 g/mol. The van der Waals surface area contributed by atoms with Crippen LogP contribution in [-0.4, -0.2) is 38.4 Å². The molecule has 2 unspecified atom stereocenters. The molecule has 2 aliphatic heterocycles. The highest BCUT2D eigenvalue weighted by atomic mass is 32.2. The highest BCUT2D eigenvalue weighted by Crippen LogP contribution is 2.40. The smallest absolute Gasteiger partial charge is 0.326 e. The summed E-state index contributed by atoms with van der Waals surface area (Å²) in [7, 11) is 0. The number of carboxylic acids is 1. The lowest BCUT2D eigenvalue weighted by molar-refractivity contribution is -0.152. The molecule has 0 aromatic heterocycles. The summed E-state index contributed by atoms with van der Waals surface area (Å²) >= 11 is 1.66. The predicted molar refractivity (Wildman–Crippen MR) is 82.2 cm³/mol. The lowest BCUT2D eigenvalue weighted by Gasteiger charge is -2.38. The number of benzene rings is 1. The van der Waals surface area contributed by atoms with Crippen LogP contribution < -0.4 is 0 Å². The van der Waals surface area contributed by atoms with Crippen molar-refractivity contribution in [3.8, 4) is 0 Å². The van der Waals surface area contributed by atoms with E-state index in [1.165, 1.54) is 0 Å². The zero-order chi connectivity index (χ0) is 15.0. The lowest BCUT2D eigenvalue weighted by atomic mass is 9.92. The fourth-order valence-corrected chi connectivity index (χ4v) is 4.48. The Morgan fingerprint density at radius 3 is 2.67 bits per heavy atom. The fraction of sp³-hybridized carbons (Fsp3) is 0.500. The second-order valence-electron chi connectivity index (χ2n) is 5.94. The van der Waals surface area contributed by atoms with Crippen LogP contribution in [0.1, 0.15) is 30.9 Å². The molecule has 0 spiro atoms. The summed E-state index contributed by atoms with van der Waals surface area (Å²) in [5.41, 5.74) is 2.10. The van der Waals surface area contributed by atoms with Crippen LogP contribution in [0.3, 0.4) is 0 Å². The third kappa shape index (κ3) is 2.55. The molecule has 0 aliphatic carbocycles. The Labute approximate surface area is 128 Å². The van der Waals surface area contributed by atoms with Crippen molar-refractivity contribution in [1.29, 1.82) is 0 Å². The molecule has 4 nitrogen and oxygen atoms in total. The van der Waals surface area contributed by atoms with Gasteiger partial charge in [-0.05, 0) is 36.6 Å². The summed E-state index contributed by atoms with van der Waals surface area (Å²) < 4.78 is -0.458. The molecule has 1 saturated heterocycles. The van der Waals surface area contributed by atoms with Gasteiger partial charge in [0.15, 0.2) is 0 Å². The molecule has 1 fully saturated rings. The number of thioether (sulfide) groups is 1. The van der Waals surface area contributed by atoms with E-state index in [1.807, 2.05) is 31.2 Å². The van der Waals surface area contributed by atoms with Crippen molar-refractivity contribution in [2.75, 3.05) is 5.75 Å². The molecule has 1 aromatic rings. The Morgan fingerprint density at radius 2 is 2.05 bits per heavy atom. The SMILES string of the molecule is CC1(C(=O)N2Cc3ccccc3CC2C(=O)O)CCCS1. The van der Waals surface area contributed by atoms with Gasteiger partial charge in [-0.1, -0.05) is 24.3 Å². The standard InChI is InChI=1S/C16H19NO3S/c1-16(7-4-8-21-16)15(20)17-10-12-6-3-2-5-11(12)9-13(17)14(18)19/h2-3,5-6,13H,4,7-10H2,1H3,(H,18,19). The first-order valence-electron chi connectivity index (χ1n) is 7.26. The van der Waals surface area contributed by atoms with Gasteiger partial charge in [-0.3, -0.25) is 4.79 Å². The zero-order valence-electron chi connectivity index (χ0n) is 12.0. The summed E-state index contributed by atoms with van der Waals surface area (Å²) in [5, 5.41) is 9.51. The highest BCUT2D eigenvalue weighted by Gasteiger charge is 2.44. The van der Waals surface area contributed by atoms with Gasteiger partial charge in [0.05, 0.1) is 4.75 Å². The van der Waals surface area contributed by atoms with Crippen molar-refractivity contribution >= 4 is 23.6 Å². The number of carbonyl (C=O) groups excluding carboxylic acids is 1. The number of amides is 1. The van der Waals surface area contributed by atoms with E-state index in [0.29, 0.717) is 13.0 Å². The first-order chi connectivity index (χ1) is 10.0. The number of rotatable bonds is 2. The van der Waals surface area contributed by atoms with Crippen LogP contribution in [0.4, 0.5) is 0 Å². The van der Waals surface area contributed by atoms with E-state index in [-0.39, 0.29) is 5.91 Å². The van der Waals surface area contributed by atoms with Crippen molar-refractivity contribution in [3.05, 3.63) is 35.4 Å². The maximum Gasteiger partial charge on any atom is 0.326 e. The van der Waals surface area contributed by atoms with E-state index in [0.717, 1.165) is 29.7 Å². The predicted octanol–water partition coefficient (Wildman–Crippen LogP) is 2.31. The van der Waals surface area contributed by atoms with Crippen molar-refractivity contribution in [3.63, 3.8) is 0 Å². The number of carboxylic acid groups (broad SMARTS) is 1. The highest BCUT2D eigenvalue weighted by molar-refractivity contribution is 8.01. The van der Waals surface area contributed by atoms with Gasteiger partial charge in [-0.15, -0.1) is 11.8 Å². The van der Waals surface area contributed by atoms with Gasteiger partial charge >= 0.3 is 5.97 Å². The molecule has 2 aliphatic rings. The van der Waals surface area contributed by atoms with Crippen LogP contribution in [-0.2, 0) is 22.6 Å². The molecule has 0 radical (unpaired) electrons. The molecule has 0 bridgehead atoms. The molecular formula is C16H19NO3S. The van der Waals surface area contributed by atoms with Gasteiger partial charge in [0.1, 0.15) is 6.04 Å². The second kappa shape index (κ2) is 5.37. The molecular weight excluding hydrogens is 286 g/mol. The minimum Gasteiger partial charge on any atom is -0.480 e. The summed E-state index contributed by atoms with van der Waals surface area (Å²) in [6.45, 7) is 2.36. The van der Waals surface area contributed by atoms with Crippen molar-refractivity contribution in [1.82, 2.24) is 4.90 Å². The third-order valence-electron chi connectivity index (χ3n) is 4.47. The van der Waals surface area contributed by atoms with Crippen molar-refractivity contribution < 1.29 is 14.7 Å². The van der Waals surface area contributed by atoms with Gasteiger partial charge in [0.25, 0.3) is 0 Å². The first kappa shape index (κ1) is 14.4. The summed E-state index contributed by atoms with van der Waals surface area (Å²) in [6.07, 6.45) is 2.26. The molecule has 21 heavy (non-hydrogen) atoms. The van der Waals surface area contributed by atoms with Crippen LogP contribution in [0, 0.1) is 0 Å². The number of carbonyl (C=O) groups is 2. The lowest BCUT2D eigenvalue weighted by Crippen LogP contribution is -2.54. The number of aliphatic carboxylic acids is 1. The van der Waals surface area contributed by atoms with Crippen LogP contribution in [0.15, 0.2) is 24.3 Å². The van der Waals surface area contributed by atoms with Crippen molar-refractivity contribution in [2.45, 2.75) is 43.5 Å². The Kier molecular flexibility index (Phi) is 3.69. The average molecular weight is 305 g/mol. The molecule has 1 amide bonds. The summed E-state index contributed by atoms with van der Waals surface area (Å²) in [4.78, 5) is 26.1. The topological polar surface area (TPSA) is 57.6 Å². The number of nitrogens with zero attached hydrogens (tertiary/aromatic N) is 1. The maximum absolute atomic E-state index is 12.9. The van der Waals surface area contributed by atoms with Gasteiger partial charge in [0.2, 0.25) is 5.91 Å². The van der Waals surface area contributed by atoms with E-state index < -0.39 is 16.8 Å². The molecule has 2 heterocycles. The van der Waals surface area contributed by atoms with Crippen LogP contribution >= 0.6 is 11.8 Å². The summed E-state index contributed by atoms with van der Waals surface area (Å²) in [6, 6.07) is 7.06. The third-order valence-corrected chi connectivity index (χ3v) is 5.97. The van der Waals surface area contributed by atoms with E-state index in [2.05, 4.69) is 0 Å². The van der Waals surface area contributed by atoms with E-state index in [9.17, 15) is 14.7 Å². The van der Waals surface area contributed by atoms with E-state index in [4.69, 9.17) is 0 Å². The van der Waals surface area contributed by atoms with Crippen LogP contribution in [0.5, 0.6) is 0 Å². The van der Waals surface area contributed by atoms with Crippen LogP contribution in [0.2, 0.25) is 0 Å². The maximum atomic E-state index is 12.9. The molecule has 1 N–H and O–H groups in total. The summed E-state index contributed by atoms with van der Waals surface area (Å²) in [5.74, 6) is 0.0427. The largest absolute Gasteiger partial charge is 0.480 e. The van der Waals surface area contributed by atoms with Crippen molar-refractivity contribution in [2.24, 2.45) is 0 Å². The molecule has 1 aromatic carbocycles. The Bertz CT molecular complexity index is 581. The average Bonchev–Trinajstić information content (AvgIpc) is 2.93. The second-order valence-corrected chi connectivity index (χ2v) is 7.54. The molecule has 5 heteroatoms. The number of hydrogen-bond donors (Lipinski definition) is 1. The molecule has 0 saturated carbocycles. The Balaban J connectivity index is 1.92. The van der Waals surface area contributed by atoms with E-state index in [1.54, 1.807) is 16.7 Å².